The fourth-order valence-corrected chi connectivity index (χ4v) is 14.6. The van der Waals surface area contributed by atoms with E-state index >= 15 is 9.59 Å². The van der Waals surface area contributed by atoms with E-state index in [-0.39, 0.29) is 42.1 Å². The van der Waals surface area contributed by atoms with Crippen LogP contribution in [0, 0.1) is 16.7 Å². The van der Waals surface area contributed by atoms with Crippen molar-refractivity contribution >= 4 is 33.2 Å². The molecular weight excluding hydrogens is 857 g/mol. The zero-order valence-corrected chi connectivity index (χ0v) is 37.5. The van der Waals surface area contributed by atoms with Crippen molar-refractivity contribution in [1.29, 1.82) is 0 Å². The van der Waals surface area contributed by atoms with Crippen LogP contribution in [0.2, 0.25) is 0 Å². The van der Waals surface area contributed by atoms with Crippen LogP contribution in [-0.4, -0.2) is 107 Å². The number of carbonyl (C=O) groups is 2. The maximum atomic E-state index is 16.0. The molecule has 3 heterocycles. The molecule has 344 valence electrons. The second-order valence-corrected chi connectivity index (χ2v) is 21.5. The highest BCUT2D eigenvalue weighted by atomic mass is 33.1. The smallest absolute Gasteiger partial charge is 0.229 e. The number of carbonyl (C=O) groups excluding carboxylic acids is 2. The van der Waals surface area contributed by atoms with Gasteiger partial charge in [-0.2, -0.15) is 0 Å². The molecule has 13 nitrogen and oxygen atoms in total. The summed E-state index contributed by atoms with van der Waals surface area (Å²) < 4.78 is 12.5. The van der Waals surface area contributed by atoms with Crippen LogP contribution < -0.4 is 15.4 Å². The zero-order valence-electron chi connectivity index (χ0n) is 35.9. The van der Waals surface area contributed by atoms with Gasteiger partial charge in [-0.3, -0.25) is 9.59 Å². The van der Waals surface area contributed by atoms with E-state index < -0.39 is 76.0 Å². The molecule has 0 amide bonds. The predicted octanol–water partition coefficient (Wildman–Crippen LogP) is 5.44. The number of allylic oxidation sites excluding steroid dienone is 6. The number of ketones is 2. The van der Waals surface area contributed by atoms with Crippen LogP contribution >= 0.6 is 21.6 Å². The van der Waals surface area contributed by atoms with Gasteiger partial charge in [-0.15, -0.1) is 0 Å². The molecule has 0 radical (unpaired) electrons. The number of aliphatic hydroxyl groups is 7. The lowest BCUT2D eigenvalue weighted by molar-refractivity contribution is -0.319. The van der Waals surface area contributed by atoms with Crippen molar-refractivity contribution in [2.24, 2.45) is 16.7 Å². The van der Waals surface area contributed by atoms with Gasteiger partial charge in [0.25, 0.3) is 0 Å². The lowest BCUT2D eigenvalue weighted by atomic mass is 9.56. The van der Waals surface area contributed by atoms with Crippen molar-refractivity contribution in [3.63, 3.8) is 0 Å². The van der Waals surface area contributed by atoms with Crippen LogP contribution in [0.15, 0.2) is 89.5 Å². The molecule has 0 aromatic heterocycles. The van der Waals surface area contributed by atoms with Crippen molar-refractivity contribution in [3.05, 3.63) is 112 Å². The molecule has 1 saturated heterocycles. The number of hydrogen-bond acceptors (Lipinski definition) is 15. The van der Waals surface area contributed by atoms with Crippen molar-refractivity contribution < 1.29 is 54.8 Å². The van der Waals surface area contributed by atoms with Gasteiger partial charge >= 0.3 is 0 Å². The highest BCUT2D eigenvalue weighted by molar-refractivity contribution is 8.76. The van der Waals surface area contributed by atoms with Gasteiger partial charge < -0.3 is 55.9 Å². The van der Waals surface area contributed by atoms with Crippen LogP contribution in [0.1, 0.15) is 109 Å². The highest BCUT2D eigenvalue weighted by Gasteiger charge is 2.63. The summed E-state index contributed by atoms with van der Waals surface area (Å²) in [4.78, 5) is 31.3. The SMILES string of the molecule is O=C1c2cccc3c2C(=O)C2(C(O)=CC(Cc4cccc(CO)c4)=CC12)C(CCC1(O)CCCCC1)SSCNC1=CC(=CCN1)C1(CCCC1)CC1(O)C(O)C(CO)OC(O3)C1O. The summed E-state index contributed by atoms with van der Waals surface area (Å²) in [5.41, 5.74) is -2.64. The minimum atomic E-state index is -2.24. The van der Waals surface area contributed by atoms with Gasteiger partial charge in [0.05, 0.1) is 42.0 Å². The molecule has 8 atom stereocenters. The summed E-state index contributed by atoms with van der Waals surface area (Å²) in [5, 5.41) is 87.6. The summed E-state index contributed by atoms with van der Waals surface area (Å²) in [6.45, 7) is -0.370. The molecule has 9 rings (SSSR count). The first-order valence-corrected chi connectivity index (χ1v) is 25.2. The second-order valence-electron chi connectivity index (χ2n) is 19.0. The first-order valence-electron chi connectivity index (χ1n) is 22.8. The number of rotatable bonds is 7. The summed E-state index contributed by atoms with van der Waals surface area (Å²) in [7, 11) is 2.86. The second kappa shape index (κ2) is 18.2. The quantitative estimate of drug-likeness (QED) is 0.158. The van der Waals surface area contributed by atoms with E-state index in [1.54, 1.807) is 24.3 Å². The molecule has 2 aromatic carbocycles. The minimum Gasteiger partial charge on any atom is -0.511 e. The van der Waals surface area contributed by atoms with Gasteiger partial charge in [-0.25, -0.2) is 0 Å². The third kappa shape index (κ3) is 8.06. The predicted molar refractivity (Wildman–Crippen MR) is 243 cm³/mol. The van der Waals surface area contributed by atoms with Crippen molar-refractivity contribution in [2.75, 3.05) is 19.0 Å². The van der Waals surface area contributed by atoms with Gasteiger partial charge in [-0.05, 0) is 97.3 Å². The van der Waals surface area contributed by atoms with E-state index in [1.165, 1.54) is 27.7 Å². The fourth-order valence-electron chi connectivity index (χ4n) is 11.8. The number of dihydropyridines is 1. The number of nitrogens with one attached hydrogen (secondary N) is 2. The van der Waals surface area contributed by atoms with E-state index in [2.05, 4.69) is 16.7 Å². The Hall–Kier alpha value is -3.64. The maximum absolute atomic E-state index is 16.0. The average Bonchev–Trinajstić information content (AvgIpc) is 3.78. The summed E-state index contributed by atoms with van der Waals surface area (Å²) in [6.07, 6.45) is 8.77. The van der Waals surface area contributed by atoms with Crippen LogP contribution in [0.25, 0.3) is 0 Å². The van der Waals surface area contributed by atoms with Gasteiger partial charge in [0.1, 0.15) is 40.8 Å². The van der Waals surface area contributed by atoms with Crippen LogP contribution in [0.4, 0.5) is 0 Å². The van der Waals surface area contributed by atoms with Crippen molar-refractivity contribution in [2.45, 2.75) is 131 Å². The zero-order chi connectivity index (χ0) is 44.9. The van der Waals surface area contributed by atoms with E-state index in [4.69, 9.17) is 9.47 Å². The van der Waals surface area contributed by atoms with Gasteiger partial charge in [0, 0.05) is 17.4 Å². The molecule has 2 spiro atoms. The Morgan fingerprint density at radius 2 is 1.62 bits per heavy atom. The molecule has 2 aromatic rings. The topological polar surface area (TPSA) is 218 Å². The Kier molecular flexibility index (Phi) is 13.0. The van der Waals surface area contributed by atoms with E-state index in [0.29, 0.717) is 62.1 Å². The monoisotopic (exact) mass is 916 g/mol. The lowest BCUT2D eigenvalue weighted by Crippen LogP contribution is -2.69. The molecule has 8 unspecified atom stereocenters. The maximum Gasteiger partial charge on any atom is 0.229 e. The Bertz CT molecular complexity index is 2250. The van der Waals surface area contributed by atoms with Gasteiger partial charge in [0.15, 0.2) is 11.6 Å². The van der Waals surface area contributed by atoms with E-state index in [9.17, 15) is 35.7 Å². The van der Waals surface area contributed by atoms with Crippen molar-refractivity contribution in [3.8, 4) is 5.75 Å². The van der Waals surface area contributed by atoms with Crippen LogP contribution in [0.5, 0.6) is 5.75 Å². The number of Topliss-reactive ketones (excluding diaryl/α,β-unsaturated/α-hetero) is 2. The molecule has 64 heavy (non-hydrogen) atoms. The van der Waals surface area contributed by atoms with Crippen LogP contribution in [-0.2, 0) is 17.8 Å². The molecule has 6 bridgehead atoms. The number of hydrogen-bond donors (Lipinski definition) is 9. The third-order valence-corrected chi connectivity index (χ3v) is 17.8. The molecule has 9 N–H and O–H groups in total. The lowest BCUT2D eigenvalue weighted by Gasteiger charge is -2.51. The average molecular weight is 917 g/mol. The summed E-state index contributed by atoms with van der Waals surface area (Å²) in [5.74, 6) is -1.47. The number of aliphatic hydroxyl groups excluding tert-OH is 5. The highest BCUT2D eigenvalue weighted by Crippen LogP contribution is 2.59. The Labute approximate surface area is 381 Å². The fraction of sp³-hybridized carbons (Fsp3) is 0.551. The number of fused-ring (bicyclic) bond motifs is 4. The molecular formula is C49H60N2O11S2. The normalized spacial score (nSPS) is 33.5. The first kappa shape index (κ1) is 45.5. The molecule has 3 aliphatic heterocycles. The standard InChI is InChI=1S/C49H60N2O11S2/c52-25-30-9-6-8-29(20-30)21-31-22-34-41(55)33-10-7-11-35-40(33)43(57)49(34,37(54)23-31)38(12-18-47(59)16-2-1-3-17-47)64-63-28-51-39-24-32(13-19-50-39)46(14-4-5-15-46)27-48(60)42(56)36(26-53)62-45(61-35)44(48)58/h6-11,13,20,22-24,34,36,38,42,44-45,50-54,56,58-60H,1-5,12,14-19,21,25-28H2. The molecule has 2 saturated carbocycles. The molecule has 15 heteroatoms. The number of benzene rings is 2. The third-order valence-electron chi connectivity index (χ3n) is 15.1. The summed E-state index contributed by atoms with van der Waals surface area (Å²) in [6, 6.07) is 12.0. The Balaban J connectivity index is 1.19. The van der Waals surface area contributed by atoms with E-state index in [0.717, 1.165) is 49.1 Å². The number of ether oxygens (including phenoxy) is 2. The van der Waals surface area contributed by atoms with Gasteiger partial charge in [-0.1, -0.05) is 102 Å². The molecule has 4 aliphatic carbocycles. The summed E-state index contributed by atoms with van der Waals surface area (Å²) >= 11 is 0. The largest absolute Gasteiger partial charge is 0.511 e. The Morgan fingerprint density at radius 1 is 0.875 bits per heavy atom. The molecule has 7 aliphatic rings. The molecule has 3 fully saturated rings. The Morgan fingerprint density at radius 3 is 2.39 bits per heavy atom. The van der Waals surface area contributed by atoms with Crippen molar-refractivity contribution in [1.82, 2.24) is 10.6 Å². The minimum absolute atomic E-state index is 0.0519. The van der Waals surface area contributed by atoms with E-state index in [1.807, 2.05) is 30.3 Å². The van der Waals surface area contributed by atoms with Crippen LogP contribution in [0.3, 0.4) is 0 Å². The first-order chi connectivity index (χ1) is 30.8. The van der Waals surface area contributed by atoms with Gasteiger partial charge in [0.2, 0.25) is 6.29 Å².